The van der Waals surface area contributed by atoms with Crippen LogP contribution in [0.15, 0.2) is 18.2 Å². The Kier molecular flexibility index (Phi) is 6.66. The third kappa shape index (κ3) is 5.19. The molecule has 1 heterocycles. The lowest BCUT2D eigenvalue weighted by Crippen LogP contribution is -2.47. The monoisotopic (exact) mass is 371 g/mol. The average Bonchev–Trinajstić information content (AvgIpc) is 2.52. The molecule has 134 valence electrons. The fourth-order valence-electron chi connectivity index (χ4n) is 2.51. The van der Waals surface area contributed by atoms with Gasteiger partial charge < -0.3 is 20.6 Å². The van der Waals surface area contributed by atoms with Crippen LogP contribution in [-0.4, -0.2) is 48.4 Å². The zero-order valence-electron chi connectivity index (χ0n) is 14.4. The predicted molar refractivity (Wildman–Crippen MR) is 103 cm³/mol. The molecule has 0 bridgehead atoms. The number of hydrogen-bond donors (Lipinski definition) is 3. The number of nitrogens with zero attached hydrogens (tertiary/aromatic N) is 1. The van der Waals surface area contributed by atoms with Crippen LogP contribution in [0, 0.1) is 5.41 Å². The molecular weight excluding hydrogens is 346 g/mol. The van der Waals surface area contributed by atoms with Crippen LogP contribution < -0.4 is 15.5 Å². The average molecular weight is 372 g/mol. The number of anilines is 2. The van der Waals surface area contributed by atoms with Crippen molar-refractivity contribution in [1.29, 1.82) is 0 Å². The van der Waals surface area contributed by atoms with Crippen molar-refractivity contribution >= 4 is 40.8 Å². The number of rotatable bonds is 4. The maximum atomic E-state index is 12.1. The van der Waals surface area contributed by atoms with E-state index in [0.29, 0.717) is 10.7 Å². The molecule has 0 saturated carbocycles. The Labute approximate surface area is 153 Å². The summed E-state index contributed by atoms with van der Waals surface area (Å²) in [7, 11) is 0. The number of amides is 2. The fourth-order valence-corrected chi connectivity index (χ4v) is 3.71. The summed E-state index contributed by atoms with van der Waals surface area (Å²) in [6.45, 7) is 7.77. The number of urea groups is 1. The van der Waals surface area contributed by atoms with Gasteiger partial charge in [-0.05, 0) is 23.6 Å². The van der Waals surface area contributed by atoms with Gasteiger partial charge >= 0.3 is 6.03 Å². The topological polar surface area (TPSA) is 64.6 Å². The van der Waals surface area contributed by atoms with Gasteiger partial charge in [0, 0.05) is 30.3 Å². The summed E-state index contributed by atoms with van der Waals surface area (Å²) in [6, 6.07) is 4.90. The van der Waals surface area contributed by atoms with Crippen LogP contribution in [0.4, 0.5) is 16.2 Å². The number of benzene rings is 1. The van der Waals surface area contributed by atoms with Crippen LogP contribution in [0.1, 0.15) is 20.8 Å². The second-order valence-electron chi connectivity index (χ2n) is 6.97. The first-order valence-electron chi connectivity index (χ1n) is 8.12. The zero-order chi connectivity index (χ0) is 17.7. The summed E-state index contributed by atoms with van der Waals surface area (Å²) in [6.07, 6.45) is 0. The highest BCUT2D eigenvalue weighted by molar-refractivity contribution is 7.99. The van der Waals surface area contributed by atoms with E-state index in [2.05, 4.69) is 15.5 Å². The minimum atomic E-state index is -0.345. The first kappa shape index (κ1) is 19.2. The molecule has 1 atom stereocenters. The predicted octanol–water partition coefficient (Wildman–Crippen LogP) is 3.42. The van der Waals surface area contributed by atoms with Gasteiger partial charge in [0.25, 0.3) is 0 Å². The van der Waals surface area contributed by atoms with Gasteiger partial charge in [-0.25, -0.2) is 4.79 Å². The molecule has 7 heteroatoms. The van der Waals surface area contributed by atoms with Crippen LogP contribution in [0.2, 0.25) is 5.02 Å². The Balaban J connectivity index is 2.00. The van der Waals surface area contributed by atoms with Crippen molar-refractivity contribution in [2.24, 2.45) is 5.41 Å². The van der Waals surface area contributed by atoms with Gasteiger partial charge in [0.1, 0.15) is 0 Å². The maximum absolute atomic E-state index is 12.1. The first-order chi connectivity index (χ1) is 11.3. The lowest BCUT2D eigenvalue weighted by atomic mass is 9.87. The van der Waals surface area contributed by atoms with Crippen molar-refractivity contribution in [3.8, 4) is 0 Å². The maximum Gasteiger partial charge on any atom is 0.319 e. The highest BCUT2D eigenvalue weighted by Gasteiger charge is 2.25. The lowest BCUT2D eigenvalue weighted by Gasteiger charge is -2.30. The van der Waals surface area contributed by atoms with Crippen molar-refractivity contribution in [2.75, 3.05) is 41.4 Å². The zero-order valence-corrected chi connectivity index (χ0v) is 16.0. The molecule has 2 amide bonds. The van der Waals surface area contributed by atoms with Gasteiger partial charge in [0.15, 0.2) is 0 Å². The van der Waals surface area contributed by atoms with Gasteiger partial charge in [-0.3, -0.25) is 0 Å². The molecule has 3 N–H and O–H groups in total. The molecule has 1 aromatic carbocycles. The van der Waals surface area contributed by atoms with E-state index in [9.17, 15) is 9.90 Å². The second kappa shape index (κ2) is 8.32. The summed E-state index contributed by atoms with van der Waals surface area (Å²) in [4.78, 5) is 14.4. The smallest absolute Gasteiger partial charge is 0.319 e. The van der Waals surface area contributed by atoms with E-state index in [-0.39, 0.29) is 24.1 Å². The van der Waals surface area contributed by atoms with E-state index in [1.54, 1.807) is 6.07 Å². The van der Waals surface area contributed by atoms with Crippen molar-refractivity contribution in [1.82, 2.24) is 5.32 Å². The highest BCUT2D eigenvalue weighted by atomic mass is 35.5. The van der Waals surface area contributed by atoms with Gasteiger partial charge in [-0.2, -0.15) is 11.8 Å². The molecule has 0 unspecified atom stereocenters. The quantitative estimate of drug-likeness (QED) is 0.758. The first-order valence-corrected chi connectivity index (χ1v) is 9.65. The van der Waals surface area contributed by atoms with Gasteiger partial charge in [-0.1, -0.05) is 32.4 Å². The van der Waals surface area contributed by atoms with E-state index < -0.39 is 0 Å². The molecule has 1 saturated heterocycles. The van der Waals surface area contributed by atoms with E-state index in [1.807, 2.05) is 44.7 Å². The van der Waals surface area contributed by atoms with Crippen molar-refractivity contribution in [3.63, 3.8) is 0 Å². The summed E-state index contributed by atoms with van der Waals surface area (Å²) >= 11 is 8.34. The third-order valence-electron chi connectivity index (χ3n) is 4.09. The molecule has 1 aliphatic rings. The molecule has 0 spiro atoms. The van der Waals surface area contributed by atoms with E-state index >= 15 is 0 Å². The van der Waals surface area contributed by atoms with Gasteiger partial charge in [-0.15, -0.1) is 0 Å². The van der Waals surface area contributed by atoms with Crippen molar-refractivity contribution < 1.29 is 9.90 Å². The standard InChI is InChI=1S/C17H26ClN3O2S/c1-17(2,3)15(11-22)20-16(23)19-12-4-5-14(13(18)10-12)21-6-8-24-9-7-21/h4-5,10,15,22H,6-9,11H2,1-3H3,(H2,19,20,23)/t15-/m1/s1. The molecule has 0 aliphatic carbocycles. The van der Waals surface area contributed by atoms with Crippen LogP contribution in [0.5, 0.6) is 0 Å². The molecule has 0 radical (unpaired) electrons. The normalized spacial score (nSPS) is 16.6. The van der Waals surface area contributed by atoms with Crippen molar-refractivity contribution in [3.05, 3.63) is 23.2 Å². The van der Waals surface area contributed by atoms with E-state index in [4.69, 9.17) is 11.6 Å². The number of aliphatic hydroxyl groups excluding tert-OH is 1. The number of thioether (sulfide) groups is 1. The molecule has 24 heavy (non-hydrogen) atoms. The fraction of sp³-hybridized carbons (Fsp3) is 0.588. The van der Waals surface area contributed by atoms with E-state index in [0.717, 1.165) is 30.3 Å². The molecule has 0 aromatic heterocycles. The van der Waals surface area contributed by atoms with Gasteiger partial charge in [0.05, 0.1) is 23.4 Å². The molecule has 2 rings (SSSR count). The molecule has 1 aromatic rings. The van der Waals surface area contributed by atoms with Crippen molar-refractivity contribution in [2.45, 2.75) is 26.8 Å². The summed E-state index contributed by atoms with van der Waals surface area (Å²) < 4.78 is 0. The third-order valence-corrected chi connectivity index (χ3v) is 5.34. The molecule has 5 nitrogen and oxygen atoms in total. The number of carbonyl (C=O) groups excluding carboxylic acids is 1. The SMILES string of the molecule is CC(C)(C)[C@@H](CO)NC(=O)Nc1ccc(N2CCSCC2)c(Cl)c1. The number of carbonyl (C=O) groups is 1. The number of nitrogens with one attached hydrogen (secondary N) is 2. The summed E-state index contributed by atoms with van der Waals surface area (Å²) in [5, 5.41) is 15.6. The number of hydrogen-bond acceptors (Lipinski definition) is 4. The molecular formula is C17H26ClN3O2S. The minimum Gasteiger partial charge on any atom is -0.394 e. The van der Waals surface area contributed by atoms with Crippen LogP contribution >= 0.6 is 23.4 Å². The minimum absolute atomic E-state index is 0.108. The van der Waals surface area contributed by atoms with Crippen LogP contribution in [0.3, 0.4) is 0 Å². The van der Waals surface area contributed by atoms with E-state index in [1.165, 1.54) is 0 Å². The van der Waals surface area contributed by atoms with Crippen LogP contribution in [0.25, 0.3) is 0 Å². The Morgan fingerprint density at radius 2 is 2.04 bits per heavy atom. The number of halogens is 1. The Bertz CT molecular complexity index is 571. The largest absolute Gasteiger partial charge is 0.394 e. The number of aliphatic hydroxyl groups is 1. The molecule has 1 aliphatic heterocycles. The summed E-state index contributed by atoms with van der Waals surface area (Å²) in [5.74, 6) is 2.21. The summed E-state index contributed by atoms with van der Waals surface area (Å²) in [5.41, 5.74) is 1.42. The Morgan fingerprint density at radius 3 is 2.58 bits per heavy atom. The van der Waals surface area contributed by atoms with Crippen LogP contribution in [-0.2, 0) is 0 Å². The second-order valence-corrected chi connectivity index (χ2v) is 8.60. The Hall–Kier alpha value is -1.11. The lowest BCUT2D eigenvalue weighted by molar-refractivity contribution is 0.162. The molecule has 1 fully saturated rings. The Morgan fingerprint density at radius 1 is 1.38 bits per heavy atom. The highest BCUT2D eigenvalue weighted by Crippen LogP contribution is 2.30. The van der Waals surface area contributed by atoms with Gasteiger partial charge in [0.2, 0.25) is 0 Å².